The summed E-state index contributed by atoms with van der Waals surface area (Å²) in [6.07, 6.45) is 4.88. The molecular formula is C20H24N6O3. The molecule has 0 unspecified atom stereocenters. The lowest BCUT2D eigenvalue weighted by molar-refractivity contribution is 0.0696. The Balaban J connectivity index is 1.75. The van der Waals surface area contributed by atoms with E-state index < -0.39 is 5.91 Å². The molecule has 0 spiro atoms. The van der Waals surface area contributed by atoms with Crippen molar-refractivity contribution in [2.45, 2.75) is 32.7 Å². The summed E-state index contributed by atoms with van der Waals surface area (Å²) in [5.41, 5.74) is 9.51. The minimum absolute atomic E-state index is 0.0506. The average molecular weight is 396 g/mol. The zero-order valence-corrected chi connectivity index (χ0v) is 16.7. The molecule has 0 radical (unpaired) electrons. The van der Waals surface area contributed by atoms with Gasteiger partial charge in [0.25, 0.3) is 5.91 Å². The van der Waals surface area contributed by atoms with E-state index in [9.17, 15) is 9.59 Å². The summed E-state index contributed by atoms with van der Waals surface area (Å²) in [6, 6.07) is 1.99. The zero-order chi connectivity index (χ0) is 20.7. The molecule has 1 saturated heterocycles. The molecule has 0 aliphatic carbocycles. The number of aryl methyl sites for hydroxylation is 1. The molecule has 1 aliphatic rings. The van der Waals surface area contributed by atoms with Gasteiger partial charge in [-0.05, 0) is 37.8 Å². The van der Waals surface area contributed by atoms with Gasteiger partial charge in [-0.2, -0.15) is 0 Å². The number of amides is 1. The van der Waals surface area contributed by atoms with E-state index in [1.807, 2.05) is 24.5 Å². The van der Waals surface area contributed by atoms with Crippen molar-refractivity contribution in [3.63, 3.8) is 0 Å². The molecule has 3 N–H and O–H groups in total. The molecule has 0 atom stereocenters. The van der Waals surface area contributed by atoms with Gasteiger partial charge in [-0.25, -0.2) is 14.8 Å². The van der Waals surface area contributed by atoms with Crippen LogP contribution in [0.2, 0.25) is 0 Å². The van der Waals surface area contributed by atoms with E-state index in [1.165, 1.54) is 0 Å². The first-order valence-electron chi connectivity index (χ1n) is 9.56. The lowest BCUT2D eigenvalue weighted by Crippen LogP contribution is -2.29. The second kappa shape index (κ2) is 7.32. The number of nitrogens with one attached hydrogen (secondary N) is 1. The molecule has 1 aliphatic heterocycles. The molecule has 1 amide bonds. The lowest BCUT2D eigenvalue weighted by atomic mass is 10.1. The first kappa shape index (κ1) is 19.1. The van der Waals surface area contributed by atoms with Gasteiger partial charge in [-0.1, -0.05) is 0 Å². The number of hydrogen-bond acceptors (Lipinski definition) is 6. The van der Waals surface area contributed by atoms with E-state index in [-0.39, 0.29) is 17.4 Å². The van der Waals surface area contributed by atoms with E-state index in [1.54, 1.807) is 24.0 Å². The van der Waals surface area contributed by atoms with Gasteiger partial charge >= 0.3 is 5.69 Å². The van der Waals surface area contributed by atoms with Crippen molar-refractivity contribution in [2.75, 3.05) is 18.5 Å². The Bertz CT molecular complexity index is 1160. The SMILES string of the molecule is Cc1c(Nc2cc3c(cn2)n(C)c(=O)n3C2CCOCC2)cnc(C(N)=O)c1C. The van der Waals surface area contributed by atoms with E-state index in [0.717, 1.165) is 40.7 Å². The molecule has 3 aromatic heterocycles. The van der Waals surface area contributed by atoms with Gasteiger partial charge in [0.05, 0.1) is 29.1 Å². The molecular weight excluding hydrogens is 372 g/mol. The molecule has 29 heavy (non-hydrogen) atoms. The van der Waals surface area contributed by atoms with Crippen LogP contribution in [0, 0.1) is 13.8 Å². The van der Waals surface area contributed by atoms with Crippen LogP contribution in [0.1, 0.15) is 40.5 Å². The minimum Gasteiger partial charge on any atom is -0.381 e. The minimum atomic E-state index is -0.554. The van der Waals surface area contributed by atoms with Crippen LogP contribution >= 0.6 is 0 Å². The third kappa shape index (κ3) is 3.27. The fraction of sp³-hybridized carbons (Fsp3) is 0.400. The van der Waals surface area contributed by atoms with Crippen molar-refractivity contribution in [2.24, 2.45) is 12.8 Å². The van der Waals surface area contributed by atoms with Gasteiger partial charge in [0.2, 0.25) is 0 Å². The number of nitrogens with two attached hydrogens (primary N) is 1. The molecule has 1 fully saturated rings. The number of anilines is 2. The van der Waals surface area contributed by atoms with Crippen molar-refractivity contribution in [1.82, 2.24) is 19.1 Å². The highest BCUT2D eigenvalue weighted by molar-refractivity contribution is 5.93. The number of nitrogens with zero attached hydrogens (tertiary/aromatic N) is 4. The first-order chi connectivity index (χ1) is 13.9. The van der Waals surface area contributed by atoms with E-state index in [2.05, 4.69) is 15.3 Å². The molecule has 3 aromatic rings. The van der Waals surface area contributed by atoms with Crippen LogP contribution < -0.4 is 16.7 Å². The fourth-order valence-electron chi connectivity index (χ4n) is 3.84. The first-order valence-corrected chi connectivity index (χ1v) is 9.56. The lowest BCUT2D eigenvalue weighted by Gasteiger charge is -2.23. The van der Waals surface area contributed by atoms with Crippen molar-refractivity contribution in [3.05, 3.63) is 45.8 Å². The smallest absolute Gasteiger partial charge is 0.329 e. The summed E-state index contributed by atoms with van der Waals surface area (Å²) >= 11 is 0. The van der Waals surface area contributed by atoms with Crippen LogP contribution in [-0.4, -0.2) is 38.2 Å². The molecule has 9 nitrogen and oxygen atoms in total. The monoisotopic (exact) mass is 396 g/mol. The number of carbonyl (C=O) groups excluding carboxylic acids is 1. The van der Waals surface area contributed by atoms with Crippen LogP contribution in [0.4, 0.5) is 11.5 Å². The molecule has 0 bridgehead atoms. The van der Waals surface area contributed by atoms with Gasteiger partial charge in [-0.15, -0.1) is 0 Å². The van der Waals surface area contributed by atoms with E-state index in [0.29, 0.717) is 19.0 Å². The van der Waals surface area contributed by atoms with Gasteiger partial charge in [-0.3, -0.25) is 13.9 Å². The highest BCUT2D eigenvalue weighted by atomic mass is 16.5. The van der Waals surface area contributed by atoms with Gasteiger partial charge in [0.1, 0.15) is 11.5 Å². The van der Waals surface area contributed by atoms with Gasteiger partial charge in [0.15, 0.2) is 0 Å². The number of rotatable bonds is 4. The van der Waals surface area contributed by atoms with Crippen LogP contribution in [-0.2, 0) is 11.8 Å². The Morgan fingerprint density at radius 1 is 1.17 bits per heavy atom. The second-order valence-electron chi connectivity index (χ2n) is 7.37. The summed E-state index contributed by atoms with van der Waals surface area (Å²) in [4.78, 5) is 33.0. The second-order valence-corrected chi connectivity index (χ2v) is 7.37. The Morgan fingerprint density at radius 3 is 2.59 bits per heavy atom. The highest BCUT2D eigenvalue weighted by Gasteiger charge is 2.22. The third-order valence-corrected chi connectivity index (χ3v) is 5.67. The van der Waals surface area contributed by atoms with Crippen molar-refractivity contribution >= 4 is 28.4 Å². The Morgan fingerprint density at radius 2 is 1.90 bits per heavy atom. The predicted molar refractivity (Wildman–Crippen MR) is 110 cm³/mol. The number of aromatic nitrogens is 4. The standard InChI is InChI=1S/C20H24N6O3/c1-11-12(2)18(19(21)27)23-9-14(11)24-17-8-15-16(10-22-17)25(3)20(28)26(15)13-4-6-29-7-5-13/h8-10,13H,4-7H2,1-3H3,(H2,21,27)(H,22,24). The Kier molecular flexibility index (Phi) is 4.83. The van der Waals surface area contributed by atoms with Crippen molar-refractivity contribution in [1.29, 1.82) is 0 Å². The van der Waals surface area contributed by atoms with Crippen LogP contribution in [0.5, 0.6) is 0 Å². The Labute approximate surface area is 167 Å². The summed E-state index contributed by atoms with van der Waals surface area (Å²) in [5.74, 6) is 0.0430. The molecule has 0 aromatic carbocycles. The van der Waals surface area contributed by atoms with Crippen LogP contribution in [0.25, 0.3) is 11.0 Å². The van der Waals surface area contributed by atoms with Gasteiger partial charge < -0.3 is 15.8 Å². The number of fused-ring (bicyclic) bond motifs is 1. The quantitative estimate of drug-likeness (QED) is 0.696. The average Bonchev–Trinajstić information content (AvgIpc) is 2.96. The number of ether oxygens (including phenoxy) is 1. The van der Waals surface area contributed by atoms with Crippen LogP contribution in [0.3, 0.4) is 0 Å². The normalized spacial score (nSPS) is 15.0. The molecule has 4 rings (SSSR count). The summed E-state index contributed by atoms with van der Waals surface area (Å²) in [7, 11) is 1.76. The number of carbonyl (C=O) groups is 1. The Hall–Kier alpha value is -3.20. The van der Waals surface area contributed by atoms with Crippen LogP contribution in [0.15, 0.2) is 23.3 Å². The highest BCUT2D eigenvalue weighted by Crippen LogP contribution is 2.27. The molecule has 152 valence electrons. The zero-order valence-electron chi connectivity index (χ0n) is 16.7. The number of pyridine rings is 2. The summed E-state index contributed by atoms with van der Waals surface area (Å²) < 4.78 is 8.92. The van der Waals surface area contributed by atoms with Gasteiger partial charge in [0, 0.05) is 32.4 Å². The molecule has 4 heterocycles. The maximum Gasteiger partial charge on any atom is 0.329 e. The summed E-state index contributed by atoms with van der Waals surface area (Å²) in [5, 5.41) is 3.26. The maximum absolute atomic E-state index is 12.8. The topological polar surface area (TPSA) is 117 Å². The van der Waals surface area contributed by atoms with E-state index >= 15 is 0 Å². The van der Waals surface area contributed by atoms with E-state index in [4.69, 9.17) is 10.5 Å². The maximum atomic E-state index is 12.8. The molecule has 9 heteroatoms. The molecule has 0 saturated carbocycles. The predicted octanol–water partition coefficient (Wildman–Crippen LogP) is 1.94. The summed E-state index contributed by atoms with van der Waals surface area (Å²) in [6.45, 7) is 5.01. The number of primary amides is 1. The fourth-order valence-corrected chi connectivity index (χ4v) is 3.84. The largest absolute Gasteiger partial charge is 0.381 e. The van der Waals surface area contributed by atoms with Crippen molar-refractivity contribution in [3.8, 4) is 0 Å². The number of imidazole rings is 1. The van der Waals surface area contributed by atoms with Crippen molar-refractivity contribution < 1.29 is 9.53 Å². The third-order valence-electron chi connectivity index (χ3n) is 5.67. The number of hydrogen-bond donors (Lipinski definition) is 2.